The van der Waals surface area contributed by atoms with Gasteiger partial charge in [-0.3, -0.25) is 0 Å². The van der Waals surface area contributed by atoms with E-state index < -0.39 is 17.0 Å². The van der Waals surface area contributed by atoms with E-state index in [1.165, 1.54) is 6.07 Å². The van der Waals surface area contributed by atoms with Gasteiger partial charge in [-0.25, -0.2) is 8.78 Å². The minimum Gasteiger partial charge on any atom is -0.204 e. The SMILES string of the molecule is Cc1ccc(C(Cl)c2ccc(F)c(F)c2)c(Cl)c1. The molecular weight excluding hydrogens is 277 g/mol. The number of hydrogen-bond acceptors (Lipinski definition) is 0. The van der Waals surface area contributed by atoms with Gasteiger partial charge in [-0.2, -0.15) is 0 Å². The summed E-state index contributed by atoms with van der Waals surface area (Å²) in [7, 11) is 0. The molecule has 0 bridgehead atoms. The summed E-state index contributed by atoms with van der Waals surface area (Å²) in [5.74, 6) is -1.81. The molecular formula is C14H10Cl2F2. The minimum atomic E-state index is -0.915. The molecule has 0 nitrogen and oxygen atoms in total. The highest BCUT2D eigenvalue weighted by Crippen LogP contribution is 2.34. The van der Waals surface area contributed by atoms with Crippen LogP contribution in [0.3, 0.4) is 0 Å². The van der Waals surface area contributed by atoms with Gasteiger partial charge in [-0.1, -0.05) is 29.8 Å². The standard InChI is InChI=1S/C14H10Cl2F2/c1-8-2-4-10(11(15)6-8)14(16)9-3-5-12(17)13(18)7-9/h2-7,14H,1H3. The van der Waals surface area contributed by atoms with Crippen molar-refractivity contribution in [2.45, 2.75) is 12.3 Å². The molecule has 18 heavy (non-hydrogen) atoms. The summed E-state index contributed by atoms with van der Waals surface area (Å²) < 4.78 is 26.0. The molecule has 4 heteroatoms. The second-order valence-corrected chi connectivity index (χ2v) is 4.90. The number of alkyl halides is 1. The largest absolute Gasteiger partial charge is 0.204 e. The Bertz CT molecular complexity index is 582. The Morgan fingerprint density at radius 3 is 2.33 bits per heavy atom. The van der Waals surface area contributed by atoms with Crippen LogP contribution in [0.4, 0.5) is 8.78 Å². The molecule has 94 valence electrons. The fraction of sp³-hybridized carbons (Fsp3) is 0.143. The van der Waals surface area contributed by atoms with Crippen molar-refractivity contribution >= 4 is 23.2 Å². The number of halogens is 4. The average Bonchev–Trinajstić information content (AvgIpc) is 2.32. The molecule has 0 saturated carbocycles. The van der Waals surface area contributed by atoms with Crippen molar-refractivity contribution in [1.29, 1.82) is 0 Å². The summed E-state index contributed by atoms with van der Waals surface area (Å²) in [5.41, 5.74) is 2.16. The lowest BCUT2D eigenvalue weighted by molar-refractivity contribution is 0.507. The van der Waals surface area contributed by atoms with Crippen LogP contribution in [-0.4, -0.2) is 0 Å². The quantitative estimate of drug-likeness (QED) is 0.661. The van der Waals surface area contributed by atoms with Gasteiger partial charge in [0.1, 0.15) is 0 Å². The van der Waals surface area contributed by atoms with Gasteiger partial charge in [-0.05, 0) is 41.8 Å². The molecule has 0 spiro atoms. The molecule has 0 saturated heterocycles. The number of benzene rings is 2. The van der Waals surface area contributed by atoms with Gasteiger partial charge in [0.2, 0.25) is 0 Å². The van der Waals surface area contributed by atoms with Crippen molar-refractivity contribution in [3.05, 3.63) is 69.7 Å². The van der Waals surface area contributed by atoms with E-state index in [1.807, 2.05) is 13.0 Å². The number of rotatable bonds is 2. The second-order valence-electron chi connectivity index (χ2n) is 4.06. The molecule has 2 aromatic rings. The first-order valence-corrected chi connectivity index (χ1v) is 6.15. The Hall–Kier alpha value is -1.12. The fourth-order valence-corrected chi connectivity index (χ4v) is 2.41. The zero-order valence-electron chi connectivity index (χ0n) is 9.55. The van der Waals surface area contributed by atoms with Crippen LogP contribution in [0, 0.1) is 18.6 Å². The third-order valence-corrected chi connectivity index (χ3v) is 3.48. The third-order valence-electron chi connectivity index (χ3n) is 2.67. The van der Waals surface area contributed by atoms with E-state index in [0.717, 1.165) is 17.7 Å². The van der Waals surface area contributed by atoms with Gasteiger partial charge in [0, 0.05) is 5.02 Å². The molecule has 0 aliphatic carbocycles. The molecule has 1 unspecified atom stereocenters. The Balaban J connectivity index is 2.41. The van der Waals surface area contributed by atoms with Crippen LogP contribution < -0.4 is 0 Å². The van der Waals surface area contributed by atoms with E-state index in [9.17, 15) is 8.78 Å². The first kappa shape index (κ1) is 13.3. The normalized spacial score (nSPS) is 12.5. The Labute approximate surface area is 114 Å². The van der Waals surface area contributed by atoms with E-state index in [2.05, 4.69) is 0 Å². The first-order valence-electron chi connectivity index (χ1n) is 5.34. The van der Waals surface area contributed by atoms with E-state index in [0.29, 0.717) is 16.1 Å². The maximum atomic E-state index is 13.2. The van der Waals surface area contributed by atoms with Gasteiger partial charge in [0.15, 0.2) is 11.6 Å². The molecule has 2 rings (SSSR count). The molecule has 1 atom stereocenters. The molecule has 0 fully saturated rings. The summed E-state index contributed by atoms with van der Waals surface area (Å²) in [4.78, 5) is 0. The molecule has 0 aromatic heterocycles. The van der Waals surface area contributed by atoms with Crippen molar-refractivity contribution in [2.24, 2.45) is 0 Å². The first-order chi connectivity index (χ1) is 8.49. The topological polar surface area (TPSA) is 0 Å². The lowest BCUT2D eigenvalue weighted by atomic mass is 10.0. The summed E-state index contributed by atoms with van der Waals surface area (Å²) in [5, 5.41) is -0.0899. The summed E-state index contributed by atoms with van der Waals surface area (Å²) in [6.07, 6.45) is 0. The zero-order chi connectivity index (χ0) is 13.3. The predicted molar refractivity (Wildman–Crippen MR) is 70.2 cm³/mol. The van der Waals surface area contributed by atoms with Crippen LogP contribution >= 0.6 is 23.2 Å². The molecule has 0 aliphatic rings. The van der Waals surface area contributed by atoms with Crippen LogP contribution in [0.5, 0.6) is 0 Å². The van der Waals surface area contributed by atoms with E-state index in [1.54, 1.807) is 12.1 Å². The Morgan fingerprint density at radius 2 is 1.72 bits per heavy atom. The molecule has 0 radical (unpaired) electrons. The maximum absolute atomic E-state index is 13.2. The number of aryl methyl sites for hydroxylation is 1. The predicted octanol–water partition coefficient (Wildman–Crippen LogP) is 5.25. The van der Waals surface area contributed by atoms with Crippen LogP contribution in [0.2, 0.25) is 5.02 Å². The average molecular weight is 287 g/mol. The summed E-state index contributed by atoms with van der Waals surface area (Å²) in [6.45, 7) is 1.91. The highest BCUT2D eigenvalue weighted by Gasteiger charge is 2.16. The van der Waals surface area contributed by atoms with Crippen LogP contribution in [0.25, 0.3) is 0 Å². The molecule has 0 amide bonds. The van der Waals surface area contributed by atoms with Crippen molar-refractivity contribution in [3.63, 3.8) is 0 Å². The minimum absolute atomic E-state index is 0.473. The van der Waals surface area contributed by atoms with Gasteiger partial charge in [0.25, 0.3) is 0 Å². The highest BCUT2D eigenvalue weighted by atomic mass is 35.5. The molecule has 2 aromatic carbocycles. The Morgan fingerprint density at radius 1 is 1.00 bits per heavy atom. The zero-order valence-corrected chi connectivity index (χ0v) is 11.1. The van der Waals surface area contributed by atoms with Crippen LogP contribution in [0.1, 0.15) is 22.1 Å². The van der Waals surface area contributed by atoms with Gasteiger partial charge in [-0.15, -0.1) is 11.6 Å². The van der Waals surface area contributed by atoms with Crippen LogP contribution in [0.15, 0.2) is 36.4 Å². The molecule has 0 N–H and O–H groups in total. The molecule has 0 aliphatic heterocycles. The summed E-state index contributed by atoms with van der Waals surface area (Å²) >= 11 is 12.3. The van der Waals surface area contributed by atoms with Crippen molar-refractivity contribution in [2.75, 3.05) is 0 Å². The lowest BCUT2D eigenvalue weighted by Gasteiger charge is -2.13. The maximum Gasteiger partial charge on any atom is 0.159 e. The van der Waals surface area contributed by atoms with Gasteiger partial charge < -0.3 is 0 Å². The second kappa shape index (κ2) is 5.25. The molecule has 0 heterocycles. The van der Waals surface area contributed by atoms with Gasteiger partial charge in [0.05, 0.1) is 5.38 Å². The number of hydrogen-bond donors (Lipinski definition) is 0. The smallest absolute Gasteiger partial charge is 0.159 e. The lowest BCUT2D eigenvalue weighted by Crippen LogP contribution is -1.97. The van der Waals surface area contributed by atoms with Crippen molar-refractivity contribution in [3.8, 4) is 0 Å². The summed E-state index contributed by atoms with van der Waals surface area (Å²) in [6, 6.07) is 9.04. The van der Waals surface area contributed by atoms with Crippen LogP contribution in [-0.2, 0) is 0 Å². The van der Waals surface area contributed by atoms with Crippen molar-refractivity contribution in [1.82, 2.24) is 0 Å². The fourth-order valence-electron chi connectivity index (χ4n) is 1.69. The highest BCUT2D eigenvalue weighted by molar-refractivity contribution is 6.33. The van der Waals surface area contributed by atoms with Crippen molar-refractivity contribution < 1.29 is 8.78 Å². The Kier molecular flexibility index (Phi) is 3.88. The third kappa shape index (κ3) is 2.65. The van der Waals surface area contributed by atoms with E-state index in [4.69, 9.17) is 23.2 Å². The monoisotopic (exact) mass is 286 g/mol. The van der Waals surface area contributed by atoms with E-state index in [-0.39, 0.29) is 0 Å². The van der Waals surface area contributed by atoms with E-state index >= 15 is 0 Å². The van der Waals surface area contributed by atoms with Gasteiger partial charge >= 0.3 is 0 Å².